The molecule has 10 atom stereocenters. The van der Waals surface area contributed by atoms with Crippen molar-refractivity contribution in [3.8, 4) is 5.75 Å². The zero-order valence-electron chi connectivity index (χ0n) is 34.9. The van der Waals surface area contributed by atoms with Crippen LogP contribution in [0.5, 0.6) is 5.75 Å². The Labute approximate surface area is 370 Å². The van der Waals surface area contributed by atoms with E-state index in [2.05, 4.69) is 24.6 Å². The minimum Gasteiger partial charge on any atom is -0.462 e. The molecule has 1 amide bonds. The number of fused-ring (bicyclic) bond motifs is 2. The standard InChI is InChI=1S/C38H43F3N6O17P2/c1-16-7-17(2)27(37(3,4)11-25(48)46-18-5-6-19-20(38(39,40)41)10-26(49)60-21(19)9-18)22(8-16)62-36-32(53)30(51)24(63-36)13-59-66(56,57)64-65(54,55)58-12-23-29(50)31(52)35(61-23)47-15-45-28-33(42)43-14-44-34(28)47/h5-10,14-15,23-24,29-32,35-36,50-53H,11-13H2,1-4H3,(H,46,48)(H,54,55)(H,56,57)(H2,42,43,44)/t23?,24-,29-,30?,31-,32?,35?,36?/m1/s1. The van der Waals surface area contributed by atoms with Crippen LogP contribution >= 0.6 is 15.6 Å². The van der Waals surface area contributed by atoms with Crippen molar-refractivity contribution >= 4 is 55.2 Å². The number of halogens is 3. The number of anilines is 2. The number of aryl methyl sites for hydroxylation is 2. The monoisotopic (exact) mass is 974 g/mol. The van der Waals surface area contributed by atoms with Gasteiger partial charge in [0.05, 0.1) is 25.1 Å². The van der Waals surface area contributed by atoms with Crippen LogP contribution in [0.1, 0.15) is 48.8 Å². The van der Waals surface area contributed by atoms with E-state index in [-0.39, 0.29) is 40.2 Å². The van der Waals surface area contributed by atoms with Gasteiger partial charge in [0.15, 0.2) is 17.7 Å². The highest BCUT2D eigenvalue weighted by atomic mass is 31.3. The Morgan fingerprint density at radius 3 is 2.23 bits per heavy atom. The van der Waals surface area contributed by atoms with Crippen molar-refractivity contribution in [1.82, 2.24) is 19.5 Å². The predicted molar refractivity (Wildman–Crippen MR) is 219 cm³/mol. The lowest BCUT2D eigenvalue weighted by molar-refractivity contribution is -0.136. The smallest absolute Gasteiger partial charge is 0.462 e. The number of aliphatic hydroxyl groups excluding tert-OH is 4. The van der Waals surface area contributed by atoms with E-state index in [1.54, 1.807) is 39.8 Å². The van der Waals surface area contributed by atoms with E-state index >= 15 is 0 Å². The van der Waals surface area contributed by atoms with Gasteiger partial charge in [-0.15, -0.1) is 0 Å². The highest BCUT2D eigenvalue weighted by Gasteiger charge is 2.49. The number of nitrogen functional groups attached to an aromatic ring is 1. The fourth-order valence-electron chi connectivity index (χ4n) is 7.80. The zero-order valence-corrected chi connectivity index (χ0v) is 36.7. The van der Waals surface area contributed by atoms with Gasteiger partial charge in [-0.2, -0.15) is 17.5 Å². The highest BCUT2D eigenvalue weighted by Crippen LogP contribution is 2.61. The van der Waals surface area contributed by atoms with E-state index in [1.807, 2.05) is 0 Å². The molecule has 5 aromatic rings. The summed E-state index contributed by atoms with van der Waals surface area (Å²) in [5.41, 5.74) is 3.95. The summed E-state index contributed by atoms with van der Waals surface area (Å²) in [5, 5.41) is 45.1. The molecule has 2 aliphatic rings. The number of aromatic nitrogens is 4. The largest absolute Gasteiger partial charge is 0.481 e. The van der Waals surface area contributed by atoms with E-state index in [0.717, 1.165) is 18.5 Å². The first-order chi connectivity index (χ1) is 30.7. The molecule has 0 spiro atoms. The molecule has 5 heterocycles. The number of nitrogens with two attached hydrogens (primary N) is 1. The maximum absolute atomic E-state index is 13.5. The number of ether oxygens (including phenoxy) is 3. The number of phosphoric acid groups is 2. The second kappa shape index (κ2) is 18.3. The molecule has 9 N–H and O–H groups in total. The van der Waals surface area contributed by atoms with Gasteiger partial charge in [0.2, 0.25) is 12.2 Å². The highest BCUT2D eigenvalue weighted by molar-refractivity contribution is 7.61. The molecular weight excluding hydrogens is 931 g/mol. The summed E-state index contributed by atoms with van der Waals surface area (Å²) < 4.78 is 104. The molecule has 23 nitrogen and oxygen atoms in total. The average molecular weight is 975 g/mol. The summed E-state index contributed by atoms with van der Waals surface area (Å²) in [5.74, 6) is -0.484. The maximum Gasteiger partial charge on any atom is 0.481 e. The minimum absolute atomic E-state index is 0.0221. The first-order valence-electron chi connectivity index (χ1n) is 19.6. The molecular formula is C38H43F3N6O17P2. The van der Waals surface area contributed by atoms with Crippen molar-refractivity contribution in [1.29, 1.82) is 0 Å². The van der Waals surface area contributed by atoms with Crippen LogP contribution < -0.4 is 21.4 Å². The molecule has 28 heteroatoms. The number of carbonyl (C=O) groups excluding carboxylic acids is 1. The van der Waals surface area contributed by atoms with Crippen molar-refractivity contribution in [3.63, 3.8) is 0 Å². The normalized spacial score (nSPS) is 25.5. The van der Waals surface area contributed by atoms with Gasteiger partial charge >= 0.3 is 27.4 Å². The third-order valence-corrected chi connectivity index (χ3v) is 13.2. The Morgan fingerprint density at radius 2 is 1.56 bits per heavy atom. The summed E-state index contributed by atoms with van der Waals surface area (Å²) in [6.07, 6.45) is -15.8. The molecule has 7 rings (SSSR count). The van der Waals surface area contributed by atoms with Crippen LogP contribution in [0.4, 0.5) is 24.7 Å². The molecule has 0 radical (unpaired) electrons. The molecule has 0 aliphatic carbocycles. The van der Waals surface area contributed by atoms with E-state index in [1.165, 1.54) is 17.0 Å². The van der Waals surface area contributed by atoms with E-state index in [4.69, 9.17) is 33.4 Å². The molecule has 2 saturated heterocycles. The molecule has 2 fully saturated rings. The van der Waals surface area contributed by atoms with Crippen LogP contribution in [0.25, 0.3) is 22.1 Å². The van der Waals surface area contributed by atoms with Crippen LogP contribution in [0.2, 0.25) is 0 Å². The number of imidazole rings is 1. The summed E-state index contributed by atoms with van der Waals surface area (Å²) in [4.78, 5) is 57.7. The topological polar surface area (TPSA) is 340 Å². The Balaban J connectivity index is 0.957. The lowest BCUT2D eigenvalue weighted by Gasteiger charge is -2.30. The SMILES string of the molecule is Cc1cc(C)c(C(C)(C)CC(=O)Nc2ccc3c(C(F)(F)F)cc(=O)oc3c2)c(OC2O[C@H](COP(=O)(O)OP(=O)(O)OCC3OC(n4cnc5c(N)ncnc54)[C@H](O)[C@@H]3O)C(O)C2O)c1. The van der Waals surface area contributed by atoms with Gasteiger partial charge in [0.25, 0.3) is 0 Å². The number of benzene rings is 2. The number of hydrogen-bond acceptors (Lipinski definition) is 19. The van der Waals surface area contributed by atoms with Gasteiger partial charge in [0.1, 0.15) is 59.8 Å². The number of aliphatic hydroxyl groups is 4. The Bertz CT molecular complexity index is 2810. The second-order valence-electron chi connectivity index (χ2n) is 16.1. The maximum atomic E-state index is 13.5. The van der Waals surface area contributed by atoms with Crippen molar-refractivity contribution in [2.24, 2.45) is 0 Å². The van der Waals surface area contributed by atoms with Crippen LogP contribution in [-0.4, -0.2) is 112 Å². The fourth-order valence-corrected chi connectivity index (χ4v) is 9.89. The number of nitrogens with zero attached hydrogens (tertiary/aromatic N) is 4. The number of amides is 1. The molecule has 2 aliphatic heterocycles. The van der Waals surface area contributed by atoms with E-state index < -0.39 is 112 Å². The molecule has 0 saturated carbocycles. The van der Waals surface area contributed by atoms with Crippen molar-refractivity contribution < 1.29 is 89.3 Å². The lowest BCUT2D eigenvalue weighted by atomic mass is 9.78. The third kappa shape index (κ3) is 10.5. The van der Waals surface area contributed by atoms with Gasteiger partial charge in [-0.1, -0.05) is 19.9 Å². The van der Waals surface area contributed by atoms with Gasteiger partial charge in [-0.05, 0) is 43.2 Å². The number of phosphoric ester groups is 2. The lowest BCUT2D eigenvalue weighted by Crippen LogP contribution is -2.36. The summed E-state index contributed by atoms with van der Waals surface area (Å²) in [7, 11) is -11.0. The van der Waals surface area contributed by atoms with E-state index in [0.29, 0.717) is 22.8 Å². The van der Waals surface area contributed by atoms with Crippen LogP contribution in [0.3, 0.4) is 0 Å². The number of nitrogens with one attached hydrogen (secondary N) is 1. The zero-order chi connectivity index (χ0) is 48.3. The average Bonchev–Trinajstić information content (AvgIpc) is 3.84. The van der Waals surface area contributed by atoms with Gasteiger partial charge in [-0.3, -0.25) is 18.4 Å². The number of alkyl halides is 3. The minimum atomic E-state index is -5.52. The molecule has 358 valence electrons. The van der Waals surface area contributed by atoms with Crippen LogP contribution in [-0.2, 0) is 48.3 Å². The molecule has 7 unspecified atom stereocenters. The summed E-state index contributed by atoms with van der Waals surface area (Å²) >= 11 is 0. The first kappa shape index (κ1) is 49.0. The van der Waals surface area contributed by atoms with Crippen molar-refractivity contribution in [2.75, 3.05) is 24.3 Å². The van der Waals surface area contributed by atoms with Crippen LogP contribution in [0.15, 0.2) is 58.3 Å². The fraction of sp³-hybridized carbons (Fsp3) is 0.447. The van der Waals surface area contributed by atoms with Gasteiger partial charge < -0.3 is 59.9 Å². The van der Waals surface area contributed by atoms with Crippen molar-refractivity contribution in [3.05, 3.63) is 81.7 Å². The van der Waals surface area contributed by atoms with Gasteiger partial charge in [-0.25, -0.2) is 28.9 Å². The number of hydrogen-bond donors (Lipinski definition) is 8. The Kier molecular flexibility index (Phi) is 13.6. The van der Waals surface area contributed by atoms with Gasteiger partial charge in [0, 0.05) is 40.6 Å². The van der Waals surface area contributed by atoms with Crippen LogP contribution in [0, 0.1) is 13.8 Å². The number of carbonyl (C=O) groups is 1. The Morgan fingerprint density at radius 1 is 0.909 bits per heavy atom. The molecule has 66 heavy (non-hydrogen) atoms. The van der Waals surface area contributed by atoms with E-state index in [9.17, 15) is 62.1 Å². The predicted octanol–water partition coefficient (Wildman–Crippen LogP) is 2.85. The number of rotatable bonds is 15. The first-order valence-corrected chi connectivity index (χ1v) is 22.6. The summed E-state index contributed by atoms with van der Waals surface area (Å²) in [6, 6.07) is 7.05. The molecule has 2 aromatic carbocycles. The third-order valence-electron chi connectivity index (χ3n) is 10.6. The molecule has 0 bridgehead atoms. The summed E-state index contributed by atoms with van der Waals surface area (Å²) in [6.45, 7) is 4.85. The quantitative estimate of drug-likeness (QED) is 0.0552. The Hall–Kier alpha value is -4.92. The van der Waals surface area contributed by atoms with Crippen molar-refractivity contribution in [2.45, 2.75) is 94.8 Å². The molecule has 3 aromatic heterocycles. The second-order valence-corrected chi connectivity index (χ2v) is 19.2.